The van der Waals surface area contributed by atoms with Crippen LogP contribution in [0.1, 0.15) is 24.5 Å². The van der Waals surface area contributed by atoms with Gasteiger partial charge in [0.15, 0.2) is 0 Å². The number of hydrogen-bond acceptors (Lipinski definition) is 3. The number of likely N-dealkylation sites (tertiary alicyclic amines) is 1. The third-order valence-electron chi connectivity index (χ3n) is 2.49. The van der Waals surface area contributed by atoms with Crippen LogP contribution < -0.4 is 0 Å². The van der Waals surface area contributed by atoms with E-state index in [0.29, 0.717) is 13.0 Å². The molecule has 1 N–H and O–H groups in total. The van der Waals surface area contributed by atoms with Crippen LogP contribution >= 0.6 is 11.3 Å². The number of carbonyl (C=O) groups is 1. The van der Waals surface area contributed by atoms with Gasteiger partial charge in [-0.2, -0.15) is 11.3 Å². The highest BCUT2D eigenvalue weighted by Gasteiger charge is 2.23. The maximum Gasteiger partial charge on any atom is 0.222 e. The van der Waals surface area contributed by atoms with Gasteiger partial charge in [-0.05, 0) is 28.8 Å². The van der Waals surface area contributed by atoms with Crippen molar-refractivity contribution in [3.8, 4) is 0 Å². The molecule has 1 aliphatic heterocycles. The Morgan fingerprint density at radius 2 is 2.50 bits per heavy atom. The largest absolute Gasteiger partial charge is 0.387 e. The van der Waals surface area contributed by atoms with Crippen molar-refractivity contribution in [1.82, 2.24) is 4.90 Å². The predicted molar refractivity (Wildman–Crippen MR) is 55.1 cm³/mol. The number of hydrogen-bond donors (Lipinski definition) is 1. The van der Waals surface area contributed by atoms with Crippen molar-refractivity contribution in [2.75, 3.05) is 13.1 Å². The van der Waals surface area contributed by atoms with Gasteiger partial charge in [0.1, 0.15) is 0 Å². The highest BCUT2D eigenvalue weighted by Crippen LogP contribution is 2.19. The van der Waals surface area contributed by atoms with Gasteiger partial charge in [0.2, 0.25) is 5.91 Å². The number of thiophene rings is 1. The molecule has 0 aliphatic carbocycles. The zero-order valence-electron chi connectivity index (χ0n) is 7.85. The molecule has 4 heteroatoms. The average molecular weight is 211 g/mol. The van der Waals surface area contributed by atoms with Crippen molar-refractivity contribution in [2.24, 2.45) is 0 Å². The lowest BCUT2D eigenvalue weighted by atomic mass is 10.2. The summed E-state index contributed by atoms with van der Waals surface area (Å²) < 4.78 is 0. The Morgan fingerprint density at radius 1 is 1.64 bits per heavy atom. The van der Waals surface area contributed by atoms with E-state index < -0.39 is 6.10 Å². The van der Waals surface area contributed by atoms with E-state index >= 15 is 0 Å². The Bertz CT molecular complexity index is 310. The molecule has 3 nitrogen and oxygen atoms in total. The van der Waals surface area contributed by atoms with Crippen molar-refractivity contribution in [2.45, 2.75) is 18.9 Å². The molecule has 1 unspecified atom stereocenters. The second kappa shape index (κ2) is 4.11. The Balaban J connectivity index is 1.94. The average Bonchev–Trinajstić information content (AvgIpc) is 2.77. The number of nitrogens with zero attached hydrogens (tertiary/aromatic N) is 1. The fourth-order valence-corrected chi connectivity index (χ4v) is 2.38. The molecule has 14 heavy (non-hydrogen) atoms. The van der Waals surface area contributed by atoms with Gasteiger partial charge in [0, 0.05) is 13.0 Å². The first-order valence-corrected chi connectivity index (χ1v) is 5.69. The van der Waals surface area contributed by atoms with Crippen LogP contribution in [0.15, 0.2) is 16.8 Å². The van der Waals surface area contributed by atoms with Gasteiger partial charge in [0.05, 0.1) is 12.6 Å². The number of carbonyl (C=O) groups excluding carboxylic acids is 1. The first-order chi connectivity index (χ1) is 6.77. The summed E-state index contributed by atoms with van der Waals surface area (Å²) in [5.74, 6) is 0.166. The lowest BCUT2D eigenvalue weighted by Crippen LogP contribution is -2.29. The van der Waals surface area contributed by atoms with Crippen LogP contribution in [0.2, 0.25) is 0 Å². The summed E-state index contributed by atoms with van der Waals surface area (Å²) in [6.45, 7) is 1.23. The van der Waals surface area contributed by atoms with Gasteiger partial charge in [0.25, 0.3) is 0 Å². The fraction of sp³-hybridized carbons (Fsp3) is 0.500. The quantitative estimate of drug-likeness (QED) is 0.821. The summed E-state index contributed by atoms with van der Waals surface area (Å²) in [5.41, 5.74) is 0.912. The zero-order chi connectivity index (χ0) is 9.97. The smallest absolute Gasteiger partial charge is 0.222 e. The number of aliphatic hydroxyl groups excluding tert-OH is 1. The summed E-state index contributed by atoms with van der Waals surface area (Å²) in [6.07, 6.45) is 1.04. The fourth-order valence-electron chi connectivity index (χ4n) is 1.68. The second-order valence-corrected chi connectivity index (χ2v) is 4.30. The molecular formula is C10H13NO2S. The minimum Gasteiger partial charge on any atom is -0.387 e. The number of rotatable bonds is 3. The van der Waals surface area contributed by atoms with Crippen LogP contribution in [0.4, 0.5) is 0 Å². The van der Waals surface area contributed by atoms with Crippen LogP contribution in [0.25, 0.3) is 0 Å². The third-order valence-corrected chi connectivity index (χ3v) is 3.19. The molecule has 1 atom stereocenters. The number of aliphatic hydroxyl groups is 1. The topological polar surface area (TPSA) is 40.5 Å². The van der Waals surface area contributed by atoms with Crippen molar-refractivity contribution < 1.29 is 9.90 Å². The first-order valence-electron chi connectivity index (χ1n) is 4.75. The summed E-state index contributed by atoms with van der Waals surface area (Å²) >= 11 is 1.56. The first kappa shape index (κ1) is 9.68. The summed E-state index contributed by atoms with van der Waals surface area (Å²) in [7, 11) is 0. The molecule has 1 aromatic heterocycles. The SMILES string of the molecule is O=C1CCCN1CC(O)c1ccsc1. The van der Waals surface area contributed by atoms with E-state index in [9.17, 15) is 9.90 Å². The van der Waals surface area contributed by atoms with E-state index in [0.717, 1.165) is 18.5 Å². The van der Waals surface area contributed by atoms with Gasteiger partial charge in [-0.15, -0.1) is 0 Å². The van der Waals surface area contributed by atoms with Gasteiger partial charge in [-0.25, -0.2) is 0 Å². The van der Waals surface area contributed by atoms with Crippen LogP contribution in [-0.4, -0.2) is 29.0 Å². The maximum absolute atomic E-state index is 11.3. The Labute approximate surface area is 87.0 Å². The third kappa shape index (κ3) is 1.96. The molecule has 1 amide bonds. The number of amides is 1. The lowest BCUT2D eigenvalue weighted by Gasteiger charge is -2.19. The van der Waals surface area contributed by atoms with Gasteiger partial charge in [-0.3, -0.25) is 4.79 Å². The van der Waals surface area contributed by atoms with Crippen LogP contribution in [0, 0.1) is 0 Å². The van der Waals surface area contributed by atoms with Crippen molar-refractivity contribution in [3.63, 3.8) is 0 Å². The molecule has 0 bridgehead atoms. The van der Waals surface area contributed by atoms with Crippen molar-refractivity contribution in [3.05, 3.63) is 22.4 Å². The molecule has 2 rings (SSSR count). The molecule has 0 aromatic carbocycles. The summed E-state index contributed by atoms with van der Waals surface area (Å²) in [4.78, 5) is 13.0. The Hall–Kier alpha value is -0.870. The molecule has 1 aromatic rings. The normalized spacial score (nSPS) is 18.9. The Morgan fingerprint density at radius 3 is 3.07 bits per heavy atom. The standard InChI is InChI=1S/C10H13NO2S/c12-9(8-3-5-14-7-8)6-11-4-1-2-10(11)13/h3,5,7,9,12H,1-2,4,6H2. The summed E-state index contributed by atoms with van der Waals surface area (Å²) in [5, 5.41) is 13.7. The van der Waals surface area contributed by atoms with E-state index in [1.54, 1.807) is 16.2 Å². The molecule has 0 spiro atoms. The lowest BCUT2D eigenvalue weighted by molar-refractivity contribution is -0.128. The second-order valence-electron chi connectivity index (χ2n) is 3.52. The number of β-amino-alcohol motifs (C(OH)–C–C–N with tert-alkyl or cyclic N) is 1. The van der Waals surface area contributed by atoms with E-state index in [-0.39, 0.29) is 5.91 Å². The highest BCUT2D eigenvalue weighted by atomic mass is 32.1. The van der Waals surface area contributed by atoms with Gasteiger partial charge < -0.3 is 10.0 Å². The predicted octanol–water partition coefficient (Wildman–Crippen LogP) is 1.40. The summed E-state index contributed by atoms with van der Waals surface area (Å²) in [6, 6.07) is 1.90. The molecule has 76 valence electrons. The van der Waals surface area contributed by atoms with Gasteiger partial charge in [-0.1, -0.05) is 0 Å². The van der Waals surface area contributed by atoms with Crippen LogP contribution in [-0.2, 0) is 4.79 Å². The van der Waals surface area contributed by atoms with Crippen molar-refractivity contribution >= 4 is 17.2 Å². The van der Waals surface area contributed by atoms with Gasteiger partial charge >= 0.3 is 0 Å². The molecule has 1 saturated heterocycles. The minimum atomic E-state index is -0.525. The minimum absolute atomic E-state index is 0.166. The Kier molecular flexibility index (Phi) is 2.84. The van der Waals surface area contributed by atoms with E-state index in [1.165, 1.54) is 0 Å². The molecule has 1 aliphatic rings. The molecule has 2 heterocycles. The molecule has 0 saturated carbocycles. The van der Waals surface area contributed by atoms with Crippen LogP contribution in [0.5, 0.6) is 0 Å². The van der Waals surface area contributed by atoms with E-state index in [4.69, 9.17) is 0 Å². The highest BCUT2D eigenvalue weighted by molar-refractivity contribution is 7.07. The van der Waals surface area contributed by atoms with E-state index in [2.05, 4.69) is 0 Å². The monoisotopic (exact) mass is 211 g/mol. The maximum atomic E-state index is 11.3. The van der Waals surface area contributed by atoms with Crippen molar-refractivity contribution in [1.29, 1.82) is 0 Å². The van der Waals surface area contributed by atoms with Crippen LogP contribution in [0.3, 0.4) is 0 Å². The zero-order valence-corrected chi connectivity index (χ0v) is 8.67. The molecule has 0 radical (unpaired) electrons. The van der Waals surface area contributed by atoms with E-state index in [1.807, 2.05) is 16.8 Å². The molecular weight excluding hydrogens is 198 g/mol. The molecule has 1 fully saturated rings.